The van der Waals surface area contributed by atoms with Crippen LogP contribution in [0.15, 0.2) is 51.9 Å². The number of ether oxygens (including phenoxy) is 1. The molecule has 6 rings (SSSR count). The van der Waals surface area contributed by atoms with E-state index in [0.29, 0.717) is 17.0 Å². The molecule has 1 saturated heterocycles. The number of halogens is 1. The molecule has 2 saturated carbocycles. The quantitative estimate of drug-likeness (QED) is 0.568. The maximum atomic E-state index is 13.5. The van der Waals surface area contributed by atoms with Crippen molar-refractivity contribution in [2.24, 2.45) is 17.8 Å². The maximum Gasteiger partial charge on any atom is 0.310 e. The number of benzene rings is 2. The van der Waals surface area contributed by atoms with Crippen molar-refractivity contribution in [1.82, 2.24) is 10.1 Å². The number of nitrogens with one attached hydrogen (secondary N) is 1. The first kappa shape index (κ1) is 20.3. The number of carbonyl (C=O) groups is 1. The summed E-state index contributed by atoms with van der Waals surface area (Å²) in [5.41, 5.74) is 1.10. The van der Waals surface area contributed by atoms with E-state index in [4.69, 9.17) is 9.26 Å². The molecule has 0 unspecified atom stereocenters. The molecule has 2 bridgehead atoms. The predicted molar refractivity (Wildman–Crippen MR) is 114 cm³/mol. The molecule has 2 aliphatic carbocycles. The standard InChI is InChI=1S/C23H20FN3O5S/c1-11-5-6-12(9-18(11)33(29,30)27-15-4-2-3-14(24)10-15)21-25-22(32-26-21)19-13-7-16-17(8-13)31-23(28)20(16)19/h2-6,9-10,13,16-17,19-20,27H,7-8H2,1H3/t13-,16+,17-,19+,20-/m0/s1. The number of carbonyl (C=O) groups excluding carboxylic acids is 1. The molecule has 5 atom stereocenters. The second kappa shape index (κ2) is 7.11. The van der Waals surface area contributed by atoms with Crippen LogP contribution < -0.4 is 4.72 Å². The molecule has 0 amide bonds. The molecule has 1 aliphatic heterocycles. The highest BCUT2D eigenvalue weighted by atomic mass is 32.2. The number of anilines is 1. The van der Waals surface area contributed by atoms with Crippen LogP contribution in [0.2, 0.25) is 0 Å². The van der Waals surface area contributed by atoms with Crippen molar-refractivity contribution < 1.29 is 26.9 Å². The minimum absolute atomic E-state index is 0.0154. The summed E-state index contributed by atoms with van der Waals surface area (Å²) >= 11 is 0. The summed E-state index contributed by atoms with van der Waals surface area (Å²) in [5.74, 6) is -0.0140. The monoisotopic (exact) mass is 469 g/mol. The van der Waals surface area contributed by atoms with E-state index in [0.717, 1.165) is 18.9 Å². The molecule has 1 N–H and O–H groups in total. The van der Waals surface area contributed by atoms with Gasteiger partial charge in [-0.25, -0.2) is 12.8 Å². The molecule has 0 radical (unpaired) electrons. The third-order valence-corrected chi connectivity index (χ3v) is 8.55. The highest BCUT2D eigenvalue weighted by molar-refractivity contribution is 7.92. The van der Waals surface area contributed by atoms with Gasteiger partial charge >= 0.3 is 5.97 Å². The Morgan fingerprint density at radius 2 is 1.97 bits per heavy atom. The average molecular weight is 469 g/mol. The van der Waals surface area contributed by atoms with Crippen LogP contribution in [0.1, 0.15) is 30.2 Å². The Morgan fingerprint density at radius 1 is 1.12 bits per heavy atom. The van der Waals surface area contributed by atoms with Crippen LogP contribution in [0.3, 0.4) is 0 Å². The molecule has 170 valence electrons. The fourth-order valence-electron chi connectivity index (χ4n) is 5.62. The zero-order valence-corrected chi connectivity index (χ0v) is 18.4. The number of hydrogen-bond donors (Lipinski definition) is 1. The summed E-state index contributed by atoms with van der Waals surface area (Å²) in [6.07, 6.45) is 1.75. The van der Waals surface area contributed by atoms with E-state index >= 15 is 0 Å². The van der Waals surface area contributed by atoms with Crippen LogP contribution in [0, 0.1) is 30.5 Å². The number of sulfonamides is 1. The van der Waals surface area contributed by atoms with Crippen molar-refractivity contribution in [2.45, 2.75) is 36.7 Å². The van der Waals surface area contributed by atoms with E-state index in [-0.39, 0.29) is 52.2 Å². The summed E-state index contributed by atoms with van der Waals surface area (Å²) in [6, 6.07) is 10.1. The number of nitrogens with zero attached hydrogens (tertiary/aromatic N) is 2. The van der Waals surface area contributed by atoms with Gasteiger partial charge in [0.05, 0.1) is 22.4 Å². The molecule has 10 heteroatoms. The fourth-order valence-corrected chi connectivity index (χ4v) is 6.94. The Hall–Kier alpha value is -3.27. The zero-order valence-electron chi connectivity index (χ0n) is 17.6. The van der Waals surface area contributed by atoms with Crippen molar-refractivity contribution >= 4 is 21.7 Å². The second-order valence-electron chi connectivity index (χ2n) is 8.97. The van der Waals surface area contributed by atoms with Gasteiger partial charge in [0.15, 0.2) is 0 Å². The minimum atomic E-state index is -3.99. The van der Waals surface area contributed by atoms with Gasteiger partial charge in [-0.15, -0.1) is 0 Å². The summed E-state index contributed by atoms with van der Waals surface area (Å²) in [4.78, 5) is 16.9. The zero-order chi connectivity index (χ0) is 22.9. The Morgan fingerprint density at radius 3 is 2.79 bits per heavy atom. The molecule has 3 aliphatic rings. The van der Waals surface area contributed by atoms with Crippen molar-refractivity contribution in [3.8, 4) is 11.4 Å². The van der Waals surface area contributed by atoms with E-state index in [1.807, 2.05) is 0 Å². The largest absolute Gasteiger partial charge is 0.462 e. The Bertz CT molecular complexity index is 1390. The van der Waals surface area contributed by atoms with Crippen molar-refractivity contribution in [3.05, 3.63) is 59.7 Å². The predicted octanol–water partition coefficient (Wildman–Crippen LogP) is 3.65. The maximum absolute atomic E-state index is 13.5. The lowest BCUT2D eigenvalue weighted by Crippen LogP contribution is -2.24. The first-order valence-corrected chi connectivity index (χ1v) is 12.2. The third kappa shape index (κ3) is 3.23. The van der Waals surface area contributed by atoms with Gasteiger partial charge in [0, 0.05) is 11.5 Å². The van der Waals surface area contributed by atoms with E-state index in [9.17, 15) is 17.6 Å². The SMILES string of the molecule is Cc1ccc(-c2noc([C@@H]3[C@H]4C[C@H]5[C@@H]3C(=O)O[C@H]5C4)n2)cc1S(=O)(=O)Nc1cccc(F)c1. The van der Waals surface area contributed by atoms with Crippen LogP contribution in [-0.2, 0) is 19.6 Å². The van der Waals surface area contributed by atoms with Gasteiger partial charge in [-0.3, -0.25) is 9.52 Å². The van der Waals surface area contributed by atoms with E-state index in [2.05, 4.69) is 14.9 Å². The highest BCUT2D eigenvalue weighted by Crippen LogP contribution is 2.61. The van der Waals surface area contributed by atoms with Gasteiger partial charge in [-0.05, 0) is 55.5 Å². The third-order valence-electron chi connectivity index (χ3n) is 7.02. The van der Waals surface area contributed by atoms with Crippen molar-refractivity contribution in [2.75, 3.05) is 4.72 Å². The lowest BCUT2D eigenvalue weighted by molar-refractivity contribution is -0.143. The lowest BCUT2D eigenvalue weighted by Gasteiger charge is -2.20. The molecule has 2 heterocycles. The van der Waals surface area contributed by atoms with Crippen LogP contribution in [0.25, 0.3) is 11.4 Å². The first-order chi connectivity index (χ1) is 15.8. The molecule has 33 heavy (non-hydrogen) atoms. The van der Waals surface area contributed by atoms with Crippen LogP contribution in [-0.4, -0.2) is 30.6 Å². The number of rotatable bonds is 5. The normalized spacial score (nSPS) is 27.7. The minimum Gasteiger partial charge on any atom is -0.462 e. The van der Waals surface area contributed by atoms with E-state index < -0.39 is 15.8 Å². The number of esters is 1. The Labute approximate surface area is 189 Å². The average Bonchev–Trinajstić information content (AvgIpc) is 3.50. The second-order valence-corrected chi connectivity index (χ2v) is 10.6. The van der Waals surface area contributed by atoms with E-state index in [1.165, 1.54) is 24.3 Å². The molecule has 1 aromatic heterocycles. The summed E-state index contributed by atoms with van der Waals surface area (Å²) in [6.45, 7) is 1.67. The van der Waals surface area contributed by atoms with E-state index in [1.54, 1.807) is 19.1 Å². The van der Waals surface area contributed by atoms with Gasteiger partial charge in [0.25, 0.3) is 10.0 Å². The van der Waals surface area contributed by atoms with Crippen molar-refractivity contribution in [1.29, 1.82) is 0 Å². The summed E-state index contributed by atoms with van der Waals surface area (Å²) in [5, 5.41) is 4.07. The number of hydrogen-bond acceptors (Lipinski definition) is 7. The lowest BCUT2D eigenvalue weighted by atomic mass is 9.80. The number of fused-ring (bicyclic) bond motifs is 1. The van der Waals surface area contributed by atoms with Crippen LogP contribution in [0.5, 0.6) is 0 Å². The topological polar surface area (TPSA) is 111 Å². The van der Waals surface area contributed by atoms with Gasteiger partial charge in [-0.1, -0.05) is 23.4 Å². The van der Waals surface area contributed by atoms with Gasteiger partial charge in [-0.2, -0.15) is 4.98 Å². The van der Waals surface area contributed by atoms with Crippen molar-refractivity contribution in [3.63, 3.8) is 0 Å². The molecule has 3 aromatic rings. The van der Waals surface area contributed by atoms with Crippen LogP contribution >= 0.6 is 0 Å². The van der Waals surface area contributed by atoms with Gasteiger partial charge < -0.3 is 9.26 Å². The first-order valence-electron chi connectivity index (χ1n) is 10.7. The Kier molecular flexibility index (Phi) is 4.39. The highest BCUT2D eigenvalue weighted by Gasteiger charge is 2.63. The summed E-state index contributed by atoms with van der Waals surface area (Å²) in [7, 11) is -3.99. The van der Waals surface area contributed by atoms with Gasteiger partial charge in [0.2, 0.25) is 11.7 Å². The number of aryl methyl sites for hydroxylation is 1. The molecule has 3 fully saturated rings. The van der Waals surface area contributed by atoms with Gasteiger partial charge in [0.1, 0.15) is 11.9 Å². The fraction of sp³-hybridized carbons (Fsp3) is 0.348. The molecular formula is C23H20FN3O5S. The molecule has 2 aromatic carbocycles. The number of aromatic nitrogens is 2. The molecule has 0 spiro atoms. The smallest absolute Gasteiger partial charge is 0.310 e. The molecule has 8 nitrogen and oxygen atoms in total. The Balaban J connectivity index is 1.31. The van der Waals surface area contributed by atoms with Crippen LogP contribution in [0.4, 0.5) is 10.1 Å². The summed E-state index contributed by atoms with van der Waals surface area (Å²) < 4.78 is 52.9. The molecular weight excluding hydrogens is 449 g/mol.